The number of nitrogens with zero attached hydrogens (tertiary/aromatic N) is 3. The molecule has 2 heterocycles. The van der Waals surface area contributed by atoms with Gasteiger partial charge in [0.1, 0.15) is 5.65 Å². The maximum atomic E-state index is 4.68. The van der Waals surface area contributed by atoms with Crippen molar-refractivity contribution in [1.82, 2.24) is 14.8 Å². The highest BCUT2D eigenvalue weighted by molar-refractivity contribution is 5.88. The summed E-state index contributed by atoms with van der Waals surface area (Å²) in [7, 11) is 1.78. The topological polar surface area (TPSA) is 41.7 Å². The highest BCUT2D eigenvalue weighted by Gasteiger charge is 2.11. The highest BCUT2D eigenvalue weighted by atomic mass is 15.3. The number of aromatic nitrogens is 2. The first-order valence-corrected chi connectivity index (χ1v) is 6.12. The number of hydrogen-bond donors (Lipinski definition) is 1. The van der Waals surface area contributed by atoms with Crippen LogP contribution in [0, 0.1) is 0 Å². The van der Waals surface area contributed by atoms with Crippen LogP contribution in [0.5, 0.6) is 0 Å². The average Bonchev–Trinajstić information content (AvgIpc) is 2.85. The first kappa shape index (κ1) is 11.5. The summed E-state index contributed by atoms with van der Waals surface area (Å²) in [6.45, 7) is 0. The van der Waals surface area contributed by atoms with Crippen LogP contribution in [0.15, 0.2) is 59.8 Å². The molecule has 0 radical (unpaired) electrons. The van der Waals surface area contributed by atoms with Gasteiger partial charge in [0.2, 0.25) is 0 Å². The Kier molecular flexibility index (Phi) is 2.98. The molecule has 0 fully saturated rings. The summed E-state index contributed by atoms with van der Waals surface area (Å²) < 4.78 is 2.03. The maximum Gasteiger partial charge on any atom is 0.137 e. The molecule has 94 valence electrons. The molecule has 0 aliphatic carbocycles. The Balaban J connectivity index is 2.26. The Bertz CT molecular complexity index is 713. The van der Waals surface area contributed by atoms with E-state index in [9.17, 15) is 0 Å². The lowest BCUT2D eigenvalue weighted by Gasteiger charge is -1.99. The fourth-order valence-corrected chi connectivity index (χ4v) is 2.07. The second-order valence-corrected chi connectivity index (χ2v) is 4.12. The van der Waals surface area contributed by atoms with Gasteiger partial charge in [-0.05, 0) is 12.1 Å². The molecule has 0 spiro atoms. The molecule has 19 heavy (non-hydrogen) atoms. The SMILES string of the molecule is CN/N=C/c1c(-c2ccccc2)nc2ccccn12. The Hall–Kier alpha value is -2.62. The smallest absolute Gasteiger partial charge is 0.137 e. The van der Waals surface area contributed by atoms with E-state index in [0.717, 1.165) is 22.6 Å². The van der Waals surface area contributed by atoms with Crippen LogP contribution in [0.25, 0.3) is 16.9 Å². The van der Waals surface area contributed by atoms with E-state index in [4.69, 9.17) is 0 Å². The van der Waals surface area contributed by atoms with Crippen LogP contribution < -0.4 is 5.43 Å². The molecule has 2 aromatic heterocycles. The van der Waals surface area contributed by atoms with Crippen molar-refractivity contribution in [3.63, 3.8) is 0 Å². The van der Waals surface area contributed by atoms with Crippen molar-refractivity contribution < 1.29 is 0 Å². The van der Waals surface area contributed by atoms with Crippen molar-refractivity contribution in [2.75, 3.05) is 7.05 Å². The van der Waals surface area contributed by atoms with Crippen molar-refractivity contribution in [3.8, 4) is 11.3 Å². The number of fused-ring (bicyclic) bond motifs is 1. The number of hydrazone groups is 1. The third-order valence-electron chi connectivity index (χ3n) is 2.93. The van der Waals surface area contributed by atoms with Crippen molar-refractivity contribution in [3.05, 3.63) is 60.4 Å². The lowest BCUT2D eigenvalue weighted by molar-refractivity contribution is 0.906. The van der Waals surface area contributed by atoms with E-state index in [2.05, 4.69) is 27.6 Å². The van der Waals surface area contributed by atoms with Crippen molar-refractivity contribution in [2.24, 2.45) is 5.10 Å². The van der Waals surface area contributed by atoms with Gasteiger partial charge in [0, 0.05) is 18.8 Å². The standard InChI is InChI=1S/C15H14N4/c1-16-17-11-13-15(12-7-3-2-4-8-12)18-14-9-5-6-10-19(13)14/h2-11,16H,1H3/b17-11+. The number of imidazole rings is 1. The minimum absolute atomic E-state index is 0.916. The van der Waals surface area contributed by atoms with Crippen LogP contribution >= 0.6 is 0 Å². The second kappa shape index (κ2) is 4.94. The molecule has 4 heteroatoms. The van der Waals surface area contributed by atoms with Gasteiger partial charge in [-0.3, -0.25) is 4.40 Å². The van der Waals surface area contributed by atoms with Crippen molar-refractivity contribution >= 4 is 11.9 Å². The van der Waals surface area contributed by atoms with Gasteiger partial charge in [0.25, 0.3) is 0 Å². The summed E-state index contributed by atoms with van der Waals surface area (Å²) in [5, 5.41) is 4.11. The lowest BCUT2D eigenvalue weighted by atomic mass is 10.1. The number of pyridine rings is 1. The van der Waals surface area contributed by atoms with Gasteiger partial charge in [0.05, 0.1) is 17.6 Å². The van der Waals surface area contributed by atoms with E-state index in [1.165, 1.54) is 0 Å². The van der Waals surface area contributed by atoms with Crippen LogP contribution in [-0.2, 0) is 0 Å². The predicted octanol–water partition coefficient (Wildman–Crippen LogP) is 2.55. The lowest BCUT2D eigenvalue weighted by Crippen LogP contribution is -1.98. The first-order chi connectivity index (χ1) is 9.40. The summed E-state index contributed by atoms with van der Waals surface area (Å²) in [5.41, 5.74) is 6.68. The maximum absolute atomic E-state index is 4.68. The molecule has 0 unspecified atom stereocenters. The van der Waals surface area contributed by atoms with Crippen LogP contribution in [0.4, 0.5) is 0 Å². The molecular weight excluding hydrogens is 236 g/mol. The molecule has 0 saturated carbocycles. The normalized spacial score (nSPS) is 11.2. The molecule has 3 rings (SSSR count). The van der Waals surface area contributed by atoms with E-state index < -0.39 is 0 Å². The zero-order valence-electron chi connectivity index (χ0n) is 10.6. The van der Waals surface area contributed by atoms with Crippen LogP contribution in [0.2, 0.25) is 0 Å². The number of rotatable bonds is 3. The van der Waals surface area contributed by atoms with Crippen molar-refractivity contribution in [1.29, 1.82) is 0 Å². The van der Waals surface area contributed by atoms with E-state index in [1.54, 1.807) is 13.3 Å². The van der Waals surface area contributed by atoms with Gasteiger partial charge in [0.15, 0.2) is 0 Å². The van der Waals surface area contributed by atoms with Gasteiger partial charge in [-0.2, -0.15) is 5.10 Å². The summed E-state index contributed by atoms with van der Waals surface area (Å²) in [6.07, 6.45) is 3.79. The zero-order valence-corrected chi connectivity index (χ0v) is 10.6. The Morgan fingerprint density at radius 2 is 1.89 bits per heavy atom. The minimum Gasteiger partial charge on any atom is -0.313 e. The zero-order chi connectivity index (χ0) is 13.1. The van der Waals surface area contributed by atoms with Crippen LogP contribution in [0.3, 0.4) is 0 Å². The molecule has 0 atom stereocenters. The third-order valence-corrected chi connectivity index (χ3v) is 2.93. The molecular formula is C15H14N4. The summed E-state index contributed by atoms with van der Waals surface area (Å²) in [5.74, 6) is 0. The Morgan fingerprint density at radius 1 is 1.11 bits per heavy atom. The number of nitrogens with one attached hydrogen (secondary N) is 1. The predicted molar refractivity (Wildman–Crippen MR) is 77.3 cm³/mol. The van der Waals surface area contributed by atoms with E-state index in [-0.39, 0.29) is 0 Å². The van der Waals surface area contributed by atoms with Gasteiger partial charge in [-0.25, -0.2) is 4.98 Å². The van der Waals surface area contributed by atoms with Crippen LogP contribution in [0.1, 0.15) is 5.69 Å². The quantitative estimate of drug-likeness (QED) is 0.573. The first-order valence-electron chi connectivity index (χ1n) is 6.12. The van der Waals surface area contributed by atoms with Gasteiger partial charge in [-0.15, -0.1) is 0 Å². The third kappa shape index (κ3) is 2.08. The largest absolute Gasteiger partial charge is 0.313 e. The molecule has 0 aliphatic heterocycles. The van der Waals surface area contributed by atoms with E-state index >= 15 is 0 Å². The fraction of sp³-hybridized carbons (Fsp3) is 0.0667. The Labute approximate surface area is 111 Å². The van der Waals surface area contributed by atoms with Gasteiger partial charge < -0.3 is 5.43 Å². The van der Waals surface area contributed by atoms with Crippen molar-refractivity contribution in [2.45, 2.75) is 0 Å². The summed E-state index contributed by atoms with van der Waals surface area (Å²) >= 11 is 0. The molecule has 4 nitrogen and oxygen atoms in total. The van der Waals surface area contributed by atoms with Gasteiger partial charge >= 0.3 is 0 Å². The Morgan fingerprint density at radius 3 is 2.68 bits per heavy atom. The highest BCUT2D eigenvalue weighted by Crippen LogP contribution is 2.22. The van der Waals surface area contributed by atoms with Crippen LogP contribution in [-0.4, -0.2) is 22.6 Å². The fourth-order valence-electron chi connectivity index (χ4n) is 2.07. The molecule has 3 aromatic rings. The molecule has 1 N–H and O–H groups in total. The summed E-state index contributed by atoms with van der Waals surface area (Å²) in [4.78, 5) is 4.68. The second-order valence-electron chi connectivity index (χ2n) is 4.12. The summed E-state index contributed by atoms with van der Waals surface area (Å²) in [6, 6.07) is 16.1. The minimum atomic E-state index is 0.916. The van der Waals surface area contributed by atoms with Gasteiger partial charge in [-0.1, -0.05) is 36.4 Å². The van der Waals surface area contributed by atoms with E-state index in [0.29, 0.717) is 0 Å². The number of benzene rings is 1. The molecule has 0 saturated heterocycles. The monoisotopic (exact) mass is 250 g/mol. The average molecular weight is 250 g/mol. The van der Waals surface area contributed by atoms with E-state index in [1.807, 2.05) is 47.0 Å². The molecule has 0 bridgehead atoms. The molecule has 0 amide bonds. The molecule has 0 aliphatic rings. The number of hydrogen-bond acceptors (Lipinski definition) is 3. The molecule has 1 aromatic carbocycles.